The van der Waals surface area contributed by atoms with E-state index in [-0.39, 0.29) is 10.7 Å². The average molecular weight is 531 g/mol. The Morgan fingerprint density at radius 1 is 1.00 bits per heavy atom. The third kappa shape index (κ3) is 4.94. The summed E-state index contributed by atoms with van der Waals surface area (Å²) in [5.41, 5.74) is 4.71. The van der Waals surface area contributed by atoms with Crippen LogP contribution in [0.3, 0.4) is 0 Å². The number of aromatic nitrogens is 4. The van der Waals surface area contributed by atoms with Crippen molar-refractivity contribution < 1.29 is 0 Å². The Balaban J connectivity index is 1.39. The first-order chi connectivity index (χ1) is 16.7. The lowest BCUT2D eigenvalue weighted by Crippen LogP contribution is -2.08. The van der Waals surface area contributed by atoms with Crippen LogP contribution >= 0.6 is 26.6 Å². The normalized spacial score (nSPS) is 12.2. The van der Waals surface area contributed by atoms with Gasteiger partial charge in [0.15, 0.2) is 5.65 Å². The SMILES string of the molecule is C/C=S(\NCc1ccccn1)c1ccc(Nc2cc(-c3ccccc3)nc3c(Br)cnn23)cc1. The summed E-state index contributed by atoms with van der Waals surface area (Å²) in [7, 11) is -0.174. The molecule has 0 aliphatic rings. The Morgan fingerprint density at radius 3 is 2.53 bits per heavy atom. The van der Waals surface area contributed by atoms with Gasteiger partial charge in [-0.3, -0.25) is 9.71 Å². The molecule has 3 aromatic heterocycles. The van der Waals surface area contributed by atoms with Crippen LogP contribution in [0.4, 0.5) is 11.5 Å². The minimum atomic E-state index is -0.174. The summed E-state index contributed by atoms with van der Waals surface area (Å²) in [6, 6.07) is 26.6. The fourth-order valence-electron chi connectivity index (χ4n) is 3.57. The zero-order valence-corrected chi connectivity index (χ0v) is 20.9. The molecule has 0 amide bonds. The highest BCUT2D eigenvalue weighted by atomic mass is 79.9. The summed E-state index contributed by atoms with van der Waals surface area (Å²) in [6.45, 7) is 2.80. The van der Waals surface area contributed by atoms with Crippen molar-refractivity contribution in [2.45, 2.75) is 18.4 Å². The highest BCUT2D eigenvalue weighted by Crippen LogP contribution is 2.29. The number of halogens is 1. The maximum Gasteiger partial charge on any atom is 0.172 e. The molecule has 0 saturated carbocycles. The molecule has 1 unspecified atom stereocenters. The van der Waals surface area contributed by atoms with Gasteiger partial charge in [-0.1, -0.05) is 47.1 Å². The first kappa shape index (κ1) is 22.5. The van der Waals surface area contributed by atoms with Gasteiger partial charge in [0.2, 0.25) is 0 Å². The molecule has 5 aromatic rings. The predicted octanol–water partition coefficient (Wildman–Crippen LogP) is 6.45. The van der Waals surface area contributed by atoms with Crippen molar-refractivity contribution in [2.75, 3.05) is 5.32 Å². The molecule has 8 heteroatoms. The zero-order chi connectivity index (χ0) is 23.3. The number of rotatable bonds is 7. The van der Waals surface area contributed by atoms with E-state index in [1.807, 2.05) is 53.2 Å². The van der Waals surface area contributed by atoms with Gasteiger partial charge in [0.05, 0.1) is 22.1 Å². The molecule has 170 valence electrons. The molecule has 0 fully saturated rings. The lowest BCUT2D eigenvalue weighted by molar-refractivity contribution is 0.919. The van der Waals surface area contributed by atoms with Crippen molar-refractivity contribution >= 4 is 49.1 Å². The number of anilines is 2. The fourth-order valence-corrected chi connectivity index (χ4v) is 5.26. The molecular formula is C26H23BrN6S. The smallest absolute Gasteiger partial charge is 0.172 e. The second-order valence-corrected chi connectivity index (χ2v) is 10.2. The monoisotopic (exact) mass is 530 g/mol. The van der Waals surface area contributed by atoms with Gasteiger partial charge in [-0.05, 0) is 64.6 Å². The molecule has 6 nitrogen and oxygen atoms in total. The number of nitrogens with zero attached hydrogens (tertiary/aromatic N) is 4. The third-order valence-electron chi connectivity index (χ3n) is 5.25. The zero-order valence-electron chi connectivity index (χ0n) is 18.5. The van der Waals surface area contributed by atoms with Gasteiger partial charge in [0, 0.05) is 35.0 Å². The standard InChI is InChI=1S/C26H23BrN6S/c1-2-34(30-17-21-10-6-7-15-28-21)22-13-11-20(12-14-22)31-25-16-24(19-8-4-3-5-9-19)32-26-23(27)18-29-33(25)26/h2-16,18,30-31H,17H2,1H3. The number of hydrogen-bond acceptors (Lipinski definition) is 5. The van der Waals surface area contributed by atoms with Crippen LogP contribution < -0.4 is 10.0 Å². The van der Waals surface area contributed by atoms with Crippen molar-refractivity contribution in [3.05, 3.63) is 101 Å². The highest BCUT2D eigenvalue weighted by molar-refractivity contribution is 9.10. The van der Waals surface area contributed by atoms with Crippen molar-refractivity contribution in [1.29, 1.82) is 0 Å². The van der Waals surface area contributed by atoms with Gasteiger partial charge in [0.25, 0.3) is 0 Å². The number of pyridine rings is 1. The Kier molecular flexibility index (Phi) is 6.80. The summed E-state index contributed by atoms with van der Waals surface area (Å²) in [4.78, 5) is 10.4. The summed E-state index contributed by atoms with van der Waals surface area (Å²) in [5.74, 6) is 0.844. The van der Waals surface area contributed by atoms with Gasteiger partial charge in [0.1, 0.15) is 5.82 Å². The lowest BCUT2D eigenvalue weighted by atomic mass is 10.1. The second-order valence-electron chi connectivity index (χ2n) is 7.49. The van der Waals surface area contributed by atoms with Crippen LogP contribution in [-0.4, -0.2) is 24.9 Å². The van der Waals surface area contributed by atoms with Crippen molar-refractivity contribution in [2.24, 2.45) is 0 Å². The molecule has 0 aliphatic carbocycles. The van der Waals surface area contributed by atoms with Crippen molar-refractivity contribution in [3.8, 4) is 11.3 Å². The topological polar surface area (TPSA) is 67.1 Å². The van der Waals surface area contributed by atoms with E-state index in [0.717, 1.165) is 45.1 Å². The third-order valence-corrected chi connectivity index (χ3v) is 7.52. The van der Waals surface area contributed by atoms with Crippen LogP contribution in [-0.2, 0) is 6.54 Å². The van der Waals surface area contributed by atoms with E-state index in [4.69, 9.17) is 4.98 Å². The Labute approximate surface area is 209 Å². The van der Waals surface area contributed by atoms with Gasteiger partial charge >= 0.3 is 0 Å². The van der Waals surface area contributed by atoms with Gasteiger partial charge in [-0.25, -0.2) is 4.98 Å². The average Bonchev–Trinajstić information content (AvgIpc) is 3.27. The fraction of sp³-hybridized carbons (Fsp3) is 0.0769. The molecule has 2 N–H and O–H groups in total. The van der Waals surface area contributed by atoms with E-state index in [0.29, 0.717) is 0 Å². The molecule has 3 heterocycles. The van der Waals surface area contributed by atoms with Crippen LogP contribution in [0.2, 0.25) is 0 Å². The largest absolute Gasteiger partial charge is 0.340 e. The lowest BCUT2D eigenvalue weighted by Gasteiger charge is -2.14. The number of benzene rings is 2. The molecule has 2 aromatic carbocycles. The second kappa shape index (κ2) is 10.3. The molecular weight excluding hydrogens is 508 g/mol. The van der Waals surface area contributed by atoms with Crippen LogP contribution in [0.15, 0.2) is 101 Å². The number of hydrogen-bond donors (Lipinski definition) is 2. The van der Waals surface area contributed by atoms with Gasteiger partial charge in [-0.2, -0.15) is 9.61 Å². The van der Waals surface area contributed by atoms with Crippen molar-refractivity contribution in [3.63, 3.8) is 0 Å². The van der Waals surface area contributed by atoms with Gasteiger partial charge in [-0.15, -0.1) is 0 Å². The van der Waals surface area contributed by atoms with Crippen LogP contribution in [0.5, 0.6) is 0 Å². The molecule has 0 spiro atoms. The summed E-state index contributed by atoms with van der Waals surface area (Å²) in [6.07, 6.45) is 3.59. The van der Waals surface area contributed by atoms with E-state index in [1.54, 1.807) is 6.20 Å². The Hall–Kier alpha value is -3.33. The molecule has 0 aliphatic heterocycles. The minimum absolute atomic E-state index is 0.174. The maximum absolute atomic E-state index is 4.80. The molecule has 0 saturated heterocycles. The van der Waals surface area contributed by atoms with Crippen LogP contribution in [0.25, 0.3) is 16.9 Å². The van der Waals surface area contributed by atoms with Crippen LogP contribution in [0.1, 0.15) is 12.6 Å². The van der Waals surface area contributed by atoms with E-state index in [1.165, 1.54) is 4.90 Å². The molecule has 0 radical (unpaired) electrons. The summed E-state index contributed by atoms with van der Waals surface area (Å²) in [5, 5.41) is 10.2. The molecule has 34 heavy (non-hydrogen) atoms. The van der Waals surface area contributed by atoms with E-state index in [2.05, 4.69) is 84.7 Å². The molecule has 1 atom stereocenters. The molecule has 5 rings (SSSR count). The van der Waals surface area contributed by atoms with Gasteiger partial charge < -0.3 is 5.32 Å². The Morgan fingerprint density at radius 2 is 1.79 bits per heavy atom. The predicted molar refractivity (Wildman–Crippen MR) is 145 cm³/mol. The first-order valence-corrected chi connectivity index (χ1v) is 12.9. The summed E-state index contributed by atoms with van der Waals surface area (Å²) >= 11 is 3.57. The summed E-state index contributed by atoms with van der Waals surface area (Å²) < 4.78 is 6.25. The number of fused-ring (bicyclic) bond motifs is 1. The van der Waals surface area contributed by atoms with Crippen molar-refractivity contribution in [1.82, 2.24) is 24.3 Å². The van der Waals surface area contributed by atoms with E-state index >= 15 is 0 Å². The van der Waals surface area contributed by atoms with E-state index in [9.17, 15) is 0 Å². The highest BCUT2D eigenvalue weighted by Gasteiger charge is 2.12. The maximum atomic E-state index is 4.80. The van der Waals surface area contributed by atoms with E-state index < -0.39 is 0 Å². The quantitative estimate of drug-likeness (QED) is 0.236. The molecule has 0 bridgehead atoms. The first-order valence-electron chi connectivity index (χ1n) is 10.8. The minimum Gasteiger partial charge on any atom is -0.340 e. The Bertz CT molecular complexity index is 1430. The number of nitrogens with one attached hydrogen (secondary N) is 2. The van der Waals surface area contributed by atoms with Crippen LogP contribution in [0, 0.1) is 0 Å².